The minimum absolute atomic E-state index is 0.851. The molecular weight excluding hydrogens is 376 g/mol. The van der Waals surface area contributed by atoms with Crippen molar-refractivity contribution >= 4 is 48.8 Å². The van der Waals surface area contributed by atoms with E-state index >= 15 is 0 Å². The molecule has 0 N–H and O–H groups in total. The van der Waals surface area contributed by atoms with Crippen LogP contribution in [0.1, 0.15) is 0 Å². The quantitative estimate of drug-likeness (QED) is 0.373. The third-order valence-electron chi connectivity index (χ3n) is 4.31. The number of hydrogen-bond donors (Lipinski definition) is 0. The van der Waals surface area contributed by atoms with Crippen molar-refractivity contribution in [2.24, 2.45) is 0 Å². The molecule has 0 bridgehead atoms. The zero-order valence-electron chi connectivity index (χ0n) is 13.0. The third kappa shape index (κ3) is 2.27. The standard InChI is InChI=1S/C20H11BrN4/c21-14-5-3-12(4-6-14)13-10-16-19-17(23-8-9-24-19)15-2-1-7-22-18(15)20(16)25-11-13/h1-11H. The van der Waals surface area contributed by atoms with Gasteiger partial charge in [0.05, 0.1) is 22.1 Å². The lowest BCUT2D eigenvalue weighted by Crippen LogP contribution is -1.92. The number of hydrogen-bond acceptors (Lipinski definition) is 4. The normalized spacial score (nSPS) is 11.4. The Kier molecular flexibility index (Phi) is 3.21. The fourth-order valence-electron chi connectivity index (χ4n) is 3.15. The molecule has 0 aliphatic rings. The van der Waals surface area contributed by atoms with Gasteiger partial charge in [-0.2, -0.15) is 0 Å². The largest absolute Gasteiger partial charge is 0.254 e. The van der Waals surface area contributed by atoms with Gasteiger partial charge in [-0.25, -0.2) is 0 Å². The minimum Gasteiger partial charge on any atom is -0.254 e. The van der Waals surface area contributed by atoms with Gasteiger partial charge in [0, 0.05) is 45.6 Å². The molecule has 0 radical (unpaired) electrons. The lowest BCUT2D eigenvalue weighted by atomic mass is 10.0. The first-order chi connectivity index (χ1) is 12.3. The molecule has 0 aliphatic carbocycles. The summed E-state index contributed by atoms with van der Waals surface area (Å²) in [4.78, 5) is 18.4. The second-order valence-electron chi connectivity index (χ2n) is 5.78. The van der Waals surface area contributed by atoms with Gasteiger partial charge in [0.25, 0.3) is 0 Å². The summed E-state index contributed by atoms with van der Waals surface area (Å²) in [5.74, 6) is 0. The summed E-state index contributed by atoms with van der Waals surface area (Å²) in [5, 5.41) is 1.94. The van der Waals surface area contributed by atoms with Crippen molar-refractivity contribution in [1.29, 1.82) is 0 Å². The van der Waals surface area contributed by atoms with Crippen molar-refractivity contribution in [3.05, 3.63) is 71.7 Å². The van der Waals surface area contributed by atoms with Gasteiger partial charge in [0.2, 0.25) is 0 Å². The van der Waals surface area contributed by atoms with Crippen molar-refractivity contribution in [2.75, 3.05) is 0 Å². The van der Waals surface area contributed by atoms with Crippen LogP contribution in [0.5, 0.6) is 0 Å². The van der Waals surface area contributed by atoms with E-state index in [1.165, 1.54) is 0 Å². The smallest absolute Gasteiger partial charge is 0.0988 e. The third-order valence-corrected chi connectivity index (χ3v) is 4.83. The van der Waals surface area contributed by atoms with E-state index in [4.69, 9.17) is 4.98 Å². The number of nitrogens with zero attached hydrogens (tertiary/aromatic N) is 4. The Bertz CT molecular complexity index is 1210. The van der Waals surface area contributed by atoms with Gasteiger partial charge in [-0.1, -0.05) is 28.1 Å². The second-order valence-corrected chi connectivity index (χ2v) is 6.70. The maximum Gasteiger partial charge on any atom is 0.0988 e. The van der Waals surface area contributed by atoms with E-state index in [0.717, 1.165) is 48.4 Å². The molecule has 4 nitrogen and oxygen atoms in total. The molecule has 118 valence electrons. The molecule has 0 saturated heterocycles. The van der Waals surface area contributed by atoms with Crippen molar-refractivity contribution in [3.8, 4) is 11.1 Å². The molecule has 5 heteroatoms. The van der Waals surface area contributed by atoms with E-state index in [1.54, 1.807) is 18.6 Å². The maximum atomic E-state index is 4.72. The molecule has 0 aliphatic heterocycles. The first-order valence-corrected chi connectivity index (χ1v) is 8.64. The molecule has 0 amide bonds. The molecule has 0 unspecified atom stereocenters. The molecule has 2 aromatic carbocycles. The molecule has 3 aromatic heterocycles. The van der Waals surface area contributed by atoms with Gasteiger partial charge in [-0.05, 0) is 35.9 Å². The van der Waals surface area contributed by atoms with Crippen LogP contribution in [0.2, 0.25) is 0 Å². The highest BCUT2D eigenvalue weighted by atomic mass is 79.9. The van der Waals surface area contributed by atoms with Gasteiger partial charge >= 0.3 is 0 Å². The predicted octanol–water partition coefficient (Wildman–Crippen LogP) is 5.16. The zero-order valence-corrected chi connectivity index (χ0v) is 14.6. The van der Waals surface area contributed by atoms with Crippen molar-refractivity contribution < 1.29 is 0 Å². The van der Waals surface area contributed by atoms with Crippen LogP contribution in [0.3, 0.4) is 0 Å². The maximum absolute atomic E-state index is 4.72. The monoisotopic (exact) mass is 386 g/mol. The van der Waals surface area contributed by atoms with Gasteiger partial charge in [0.15, 0.2) is 0 Å². The van der Waals surface area contributed by atoms with Crippen LogP contribution in [0.4, 0.5) is 0 Å². The number of rotatable bonds is 1. The lowest BCUT2D eigenvalue weighted by Gasteiger charge is -2.09. The molecule has 3 heterocycles. The Hall–Kier alpha value is -2.92. The fourth-order valence-corrected chi connectivity index (χ4v) is 3.42. The van der Waals surface area contributed by atoms with Gasteiger partial charge in [-0.3, -0.25) is 19.9 Å². The molecule has 5 aromatic rings. The highest BCUT2D eigenvalue weighted by Crippen LogP contribution is 2.32. The average Bonchev–Trinajstić information content (AvgIpc) is 2.68. The summed E-state index contributed by atoms with van der Waals surface area (Å²) in [6.07, 6.45) is 7.11. The molecule has 0 atom stereocenters. The van der Waals surface area contributed by atoms with Gasteiger partial charge < -0.3 is 0 Å². The number of benzene rings is 2. The second kappa shape index (κ2) is 5.57. The number of pyridine rings is 2. The van der Waals surface area contributed by atoms with E-state index in [-0.39, 0.29) is 0 Å². The van der Waals surface area contributed by atoms with Gasteiger partial charge in [-0.15, -0.1) is 0 Å². The summed E-state index contributed by atoms with van der Waals surface area (Å²) in [6, 6.07) is 14.2. The van der Waals surface area contributed by atoms with Crippen LogP contribution >= 0.6 is 15.9 Å². The number of aromatic nitrogens is 4. The van der Waals surface area contributed by atoms with Crippen molar-refractivity contribution in [2.45, 2.75) is 0 Å². The Balaban J connectivity index is 1.91. The Morgan fingerprint density at radius 1 is 0.600 bits per heavy atom. The molecule has 0 spiro atoms. The molecular formula is C20H11BrN4. The van der Waals surface area contributed by atoms with E-state index < -0.39 is 0 Å². The highest BCUT2D eigenvalue weighted by Gasteiger charge is 2.13. The van der Waals surface area contributed by atoms with E-state index in [1.807, 2.05) is 30.5 Å². The van der Waals surface area contributed by atoms with Crippen molar-refractivity contribution in [3.63, 3.8) is 0 Å². The zero-order chi connectivity index (χ0) is 16.8. The molecule has 0 saturated carbocycles. The first kappa shape index (κ1) is 14.4. The van der Waals surface area contributed by atoms with Crippen LogP contribution in [0.15, 0.2) is 71.7 Å². The van der Waals surface area contributed by atoms with Crippen LogP contribution < -0.4 is 0 Å². The fraction of sp³-hybridized carbons (Fsp3) is 0. The van der Waals surface area contributed by atoms with Crippen LogP contribution in [-0.4, -0.2) is 19.9 Å². The summed E-state index contributed by atoms with van der Waals surface area (Å²) >= 11 is 3.48. The lowest BCUT2D eigenvalue weighted by molar-refractivity contribution is 1.30. The summed E-state index contributed by atoms with van der Waals surface area (Å²) in [7, 11) is 0. The van der Waals surface area contributed by atoms with E-state index in [9.17, 15) is 0 Å². The van der Waals surface area contributed by atoms with Crippen molar-refractivity contribution in [1.82, 2.24) is 19.9 Å². The first-order valence-electron chi connectivity index (χ1n) is 7.84. The summed E-state index contributed by atoms with van der Waals surface area (Å²) < 4.78 is 1.05. The molecule has 0 fully saturated rings. The molecule has 25 heavy (non-hydrogen) atoms. The topological polar surface area (TPSA) is 51.6 Å². The van der Waals surface area contributed by atoms with Gasteiger partial charge in [0.1, 0.15) is 0 Å². The minimum atomic E-state index is 0.851. The van der Waals surface area contributed by atoms with Crippen LogP contribution in [-0.2, 0) is 0 Å². The average molecular weight is 387 g/mol. The SMILES string of the molecule is Brc1ccc(-c2cnc3c(c2)c2nccnc2c2cccnc23)cc1. The number of halogens is 1. The molecule has 5 rings (SSSR count). The highest BCUT2D eigenvalue weighted by molar-refractivity contribution is 9.10. The van der Waals surface area contributed by atoms with Crippen LogP contribution in [0, 0.1) is 0 Å². The Labute approximate surface area is 151 Å². The summed E-state index contributed by atoms with van der Waals surface area (Å²) in [6.45, 7) is 0. The predicted molar refractivity (Wildman–Crippen MR) is 103 cm³/mol. The number of fused-ring (bicyclic) bond motifs is 6. The van der Waals surface area contributed by atoms with E-state index in [2.05, 4.69) is 49.1 Å². The Morgan fingerprint density at radius 2 is 1.24 bits per heavy atom. The Morgan fingerprint density at radius 3 is 2.00 bits per heavy atom. The summed E-state index contributed by atoms with van der Waals surface area (Å²) in [5.41, 5.74) is 5.56. The van der Waals surface area contributed by atoms with E-state index in [0.29, 0.717) is 0 Å². The van der Waals surface area contributed by atoms with Crippen LogP contribution in [0.25, 0.3) is 44.0 Å².